The summed E-state index contributed by atoms with van der Waals surface area (Å²) in [6, 6.07) is 14.0. The standard InChI is InChI=1S/C26H29NO7/c1-3-18-7-10-20(11-8-18)32-15-4-6-24(28)33-21-12-9-19-16-22(26(30)34-23(19)17-21)25(29)27-13-5-14-31-2/h7-12,16-17H,3-6,13-15H2,1-2H3,(H,27,29). The van der Waals surface area contributed by atoms with Crippen LogP contribution in [0.15, 0.2) is 57.7 Å². The fourth-order valence-electron chi connectivity index (χ4n) is 3.24. The van der Waals surface area contributed by atoms with E-state index in [-0.39, 0.29) is 23.3 Å². The van der Waals surface area contributed by atoms with Crippen LogP contribution < -0.4 is 20.4 Å². The molecule has 0 atom stereocenters. The molecule has 1 N–H and O–H groups in total. The molecule has 0 aliphatic heterocycles. The number of methoxy groups -OCH3 is 1. The van der Waals surface area contributed by atoms with E-state index in [0.717, 1.165) is 12.2 Å². The summed E-state index contributed by atoms with van der Waals surface area (Å²) < 4.78 is 21.2. The molecule has 3 aromatic rings. The number of aryl methyl sites for hydroxylation is 1. The molecule has 3 rings (SSSR count). The van der Waals surface area contributed by atoms with Crippen LogP contribution in [0.1, 0.15) is 42.1 Å². The molecule has 1 amide bonds. The van der Waals surface area contributed by atoms with E-state index in [2.05, 4.69) is 12.2 Å². The van der Waals surface area contributed by atoms with Crippen molar-refractivity contribution in [2.24, 2.45) is 0 Å². The van der Waals surface area contributed by atoms with E-state index in [0.29, 0.717) is 38.0 Å². The maximum absolute atomic E-state index is 12.3. The zero-order valence-corrected chi connectivity index (χ0v) is 19.4. The average Bonchev–Trinajstić information content (AvgIpc) is 2.84. The van der Waals surface area contributed by atoms with Gasteiger partial charge in [0, 0.05) is 38.1 Å². The number of hydrogen-bond acceptors (Lipinski definition) is 7. The summed E-state index contributed by atoms with van der Waals surface area (Å²) in [6.07, 6.45) is 2.28. The molecule has 1 aromatic heterocycles. The highest BCUT2D eigenvalue weighted by Gasteiger charge is 2.14. The summed E-state index contributed by atoms with van der Waals surface area (Å²) in [5, 5.41) is 3.20. The van der Waals surface area contributed by atoms with Crippen LogP contribution in [0.2, 0.25) is 0 Å². The quantitative estimate of drug-likeness (QED) is 0.187. The lowest BCUT2D eigenvalue weighted by molar-refractivity contribution is -0.134. The first-order valence-electron chi connectivity index (χ1n) is 11.3. The molecule has 180 valence electrons. The zero-order valence-electron chi connectivity index (χ0n) is 19.4. The number of rotatable bonds is 12. The Bertz CT molecular complexity index is 1170. The van der Waals surface area contributed by atoms with Crippen LogP contribution >= 0.6 is 0 Å². The van der Waals surface area contributed by atoms with Crippen molar-refractivity contribution in [1.82, 2.24) is 5.32 Å². The number of amides is 1. The number of fused-ring (bicyclic) bond motifs is 1. The Hall–Kier alpha value is -3.65. The second-order valence-corrected chi connectivity index (χ2v) is 7.67. The third kappa shape index (κ3) is 7.18. The van der Waals surface area contributed by atoms with Crippen LogP contribution in [0.25, 0.3) is 11.0 Å². The summed E-state index contributed by atoms with van der Waals surface area (Å²) in [6.45, 7) is 3.37. The Labute approximate surface area is 197 Å². The summed E-state index contributed by atoms with van der Waals surface area (Å²) in [5.74, 6) is 0.0936. The smallest absolute Gasteiger partial charge is 0.349 e. The Morgan fingerprint density at radius 3 is 2.47 bits per heavy atom. The number of hydrogen-bond donors (Lipinski definition) is 1. The fourth-order valence-corrected chi connectivity index (χ4v) is 3.24. The van der Waals surface area contributed by atoms with Gasteiger partial charge in [-0.25, -0.2) is 4.79 Å². The zero-order chi connectivity index (χ0) is 24.3. The maximum atomic E-state index is 12.3. The Kier molecular flexibility index (Phi) is 9.22. The molecule has 0 spiro atoms. The van der Waals surface area contributed by atoms with E-state index in [1.807, 2.05) is 24.3 Å². The van der Waals surface area contributed by atoms with Crippen LogP contribution in [-0.2, 0) is 16.0 Å². The summed E-state index contributed by atoms with van der Waals surface area (Å²) in [5.41, 5.74) is 0.619. The Morgan fingerprint density at radius 1 is 0.971 bits per heavy atom. The van der Waals surface area contributed by atoms with E-state index in [4.69, 9.17) is 18.6 Å². The molecule has 0 fully saturated rings. The van der Waals surface area contributed by atoms with Gasteiger partial charge in [-0.3, -0.25) is 9.59 Å². The third-order valence-corrected chi connectivity index (χ3v) is 5.12. The monoisotopic (exact) mass is 467 g/mol. The molecule has 0 saturated carbocycles. The maximum Gasteiger partial charge on any atom is 0.349 e. The lowest BCUT2D eigenvalue weighted by atomic mass is 10.1. The molecule has 8 heteroatoms. The van der Waals surface area contributed by atoms with Crippen LogP contribution in [-0.4, -0.2) is 38.7 Å². The van der Waals surface area contributed by atoms with Crippen LogP contribution in [0.3, 0.4) is 0 Å². The number of esters is 1. The van der Waals surface area contributed by atoms with Crippen molar-refractivity contribution in [1.29, 1.82) is 0 Å². The first-order valence-corrected chi connectivity index (χ1v) is 11.3. The first-order chi connectivity index (χ1) is 16.5. The molecule has 0 aliphatic carbocycles. The minimum atomic E-state index is -0.760. The fraction of sp³-hybridized carbons (Fsp3) is 0.346. The lowest BCUT2D eigenvalue weighted by Gasteiger charge is -2.08. The van der Waals surface area contributed by atoms with Gasteiger partial charge in [0.05, 0.1) is 6.61 Å². The summed E-state index contributed by atoms with van der Waals surface area (Å²) in [7, 11) is 1.58. The highest BCUT2D eigenvalue weighted by molar-refractivity contribution is 5.96. The van der Waals surface area contributed by atoms with Crippen LogP contribution in [0.5, 0.6) is 11.5 Å². The minimum Gasteiger partial charge on any atom is -0.494 e. The van der Waals surface area contributed by atoms with Gasteiger partial charge in [0.1, 0.15) is 22.6 Å². The minimum absolute atomic E-state index is 0.0843. The van der Waals surface area contributed by atoms with Gasteiger partial charge in [-0.05, 0) is 55.2 Å². The van der Waals surface area contributed by atoms with Gasteiger partial charge in [-0.15, -0.1) is 0 Å². The van der Waals surface area contributed by atoms with Gasteiger partial charge in [-0.2, -0.15) is 0 Å². The van der Waals surface area contributed by atoms with Gasteiger partial charge in [0.2, 0.25) is 0 Å². The number of carbonyl (C=O) groups excluding carboxylic acids is 2. The normalized spacial score (nSPS) is 10.8. The Morgan fingerprint density at radius 2 is 1.74 bits per heavy atom. The van der Waals surface area contributed by atoms with Crippen molar-refractivity contribution < 1.29 is 28.2 Å². The number of ether oxygens (including phenoxy) is 3. The number of benzene rings is 2. The van der Waals surface area contributed by atoms with E-state index in [1.54, 1.807) is 19.2 Å². The molecule has 0 saturated heterocycles. The topological polar surface area (TPSA) is 104 Å². The molecular formula is C26H29NO7. The largest absolute Gasteiger partial charge is 0.494 e. The molecule has 0 aliphatic rings. The van der Waals surface area contributed by atoms with E-state index in [1.165, 1.54) is 17.7 Å². The van der Waals surface area contributed by atoms with Gasteiger partial charge >= 0.3 is 11.6 Å². The Balaban J connectivity index is 1.51. The van der Waals surface area contributed by atoms with Gasteiger partial charge in [0.15, 0.2) is 0 Å². The van der Waals surface area contributed by atoms with Gasteiger partial charge < -0.3 is 23.9 Å². The van der Waals surface area contributed by atoms with Crippen molar-refractivity contribution in [3.05, 3.63) is 70.1 Å². The molecule has 34 heavy (non-hydrogen) atoms. The van der Waals surface area contributed by atoms with E-state index in [9.17, 15) is 14.4 Å². The SMILES string of the molecule is CCc1ccc(OCCCC(=O)Oc2ccc3cc(C(=O)NCCCOC)c(=O)oc3c2)cc1. The summed E-state index contributed by atoms with van der Waals surface area (Å²) in [4.78, 5) is 36.7. The number of nitrogens with one attached hydrogen (secondary N) is 1. The van der Waals surface area contributed by atoms with Gasteiger partial charge in [0.25, 0.3) is 5.91 Å². The highest BCUT2D eigenvalue weighted by atomic mass is 16.5. The predicted molar refractivity (Wildman–Crippen MR) is 127 cm³/mol. The molecule has 2 aromatic carbocycles. The highest BCUT2D eigenvalue weighted by Crippen LogP contribution is 2.21. The average molecular weight is 468 g/mol. The molecular weight excluding hydrogens is 438 g/mol. The summed E-state index contributed by atoms with van der Waals surface area (Å²) >= 11 is 0. The molecule has 8 nitrogen and oxygen atoms in total. The van der Waals surface area contributed by atoms with Crippen molar-refractivity contribution in [2.75, 3.05) is 26.9 Å². The van der Waals surface area contributed by atoms with Gasteiger partial charge in [-0.1, -0.05) is 19.1 Å². The van der Waals surface area contributed by atoms with Crippen LogP contribution in [0, 0.1) is 0 Å². The molecule has 0 radical (unpaired) electrons. The third-order valence-electron chi connectivity index (χ3n) is 5.12. The predicted octanol–water partition coefficient (Wildman–Crippen LogP) is 3.89. The van der Waals surface area contributed by atoms with Crippen LogP contribution in [0.4, 0.5) is 0 Å². The first kappa shape index (κ1) is 25.0. The van der Waals surface area contributed by atoms with Crippen molar-refractivity contribution in [3.63, 3.8) is 0 Å². The molecule has 1 heterocycles. The number of carbonyl (C=O) groups is 2. The van der Waals surface area contributed by atoms with E-state index >= 15 is 0 Å². The molecule has 0 unspecified atom stereocenters. The molecule has 0 bridgehead atoms. The second kappa shape index (κ2) is 12.6. The van der Waals surface area contributed by atoms with E-state index < -0.39 is 17.5 Å². The lowest BCUT2D eigenvalue weighted by Crippen LogP contribution is -2.29. The van der Waals surface area contributed by atoms with Crippen molar-refractivity contribution >= 4 is 22.8 Å². The van der Waals surface area contributed by atoms with Crippen molar-refractivity contribution in [3.8, 4) is 11.5 Å². The second-order valence-electron chi connectivity index (χ2n) is 7.67. The van der Waals surface area contributed by atoms with Crippen molar-refractivity contribution in [2.45, 2.75) is 32.6 Å².